The fraction of sp³-hybridized carbons (Fsp3) is 0.438. The van der Waals surface area contributed by atoms with Crippen LogP contribution in [-0.4, -0.2) is 65.8 Å². The van der Waals surface area contributed by atoms with E-state index < -0.39 is 5.60 Å². The van der Waals surface area contributed by atoms with Crippen LogP contribution in [0.1, 0.15) is 64.6 Å². The molecule has 0 spiro atoms. The van der Waals surface area contributed by atoms with Crippen molar-refractivity contribution in [2.75, 3.05) is 19.7 Å². The molecule has 226 valence electrons. The van der Waals surface area contributed by atoms with Gasteiger partial charge in [0, 0.05) is 43.4 Å². The Bertz CT molecular complexity index is 1600. The minimum absolute atomic E-state index is 0.120. The highest BCUT2D eigenvalue weighted by Gasteiger charge is 2.27. The number of likely N-dealkylation sites (tertiary alicyclic amines) is 1. The van der Waals surface area contributed by atoms with Crippen LogP contribution in [0.5, 0.6) is 5.75 Å². The molecular weight excluding hydrogens is 546 g/mol. The first-order chi connectivity index (χ1) is 20.6. The summed E-state index contributed by atoms with van der Waals surface area (Å²) in [5.74, 6) is 1.27. The Kier molecular flexibility index (Phi) is 8.89. The number of carbonyl (C=O) groups is 1. The number of rotatable bonds is 8. The number of ether oxygens (including phenoxy) is 2. The Labute approximate surface area is 251 Å². The van der Waals surface area contributed by atoms with Crippen LogP contribution in [0.3, 0.4) is 0 Å². The van der Waals surface area contributed by atoms with Gasteiger partial charge in [0.15, 0.2) is 11.6 Å². The third-order valence-electron chi connectivity index (χ3n) is 7.48. The van der Waals surface area contributed by atoms with E-state index in [1.165, 1.54) is 6.07 Å². The largest absolute Gasteiger partial charge is 0.490 e. The number of amides is 1. The number of hydrogen-bond acceptors (Lipinski definition) is 8. The zero-order chi connectivity index (χ0) is 30.6. The van der Waals surface area contributed by atoms with E-state index in [0.717, 1.165) is 36.2 Å². The molecule has 0 aliphatic carbocycles. The van der Waals surface area contributed by atoms with Crippen molar-refractivity contribution >= 4 is 6.09 Å². The molecule has 4 aromatic rings. The monoisotopic (exact) mass is 585 g/mol. The maximum atomic E-state index is 12.8. The molecule has 0 N–H and O–H groups in total. The molecule has 1 aliphatic heterocycles. The van der Waals surface area contributed by atoms with E-state index >= 15 is 0 Å². The van der Waals surface area contributed by atoms with Crippen LogP contribution in [0, 0.1) is 5.92 Å². The van der Waals surface area contributed by atoms with Crippen LogP contribution in [0.25, 0.3) is 17.1 Å². The van der Waals surface area contributed by atoms with Gasteiger partial charge in [-0.2, -0.15) is 10.2 Å². The normalized spacial score (nSPS) is 14.9. The van der Waals surface area contributed by atoms with Crippen LogP contribution in [0.15, 0.2) is 66.1 Å². The fourth-order valence-corrected chi connectivity index (χ4v) is 4.98. The van der Waals surface area contributed by atoms with Gasteiger partial charge >= 0.3 is 6.09 Å². The zero-order valence-corrected chi connectivity index (χ0v) is 25.4. The van der Waals surface area contributed by atoms with Crippen molar-refractivity contribution in [3.63, 3.8) is 0 Å². The molecule has 0 saturated carbocycles. The van der Waals surface area contributed by atoms with E-state index in [4.69, 9.17) is 9.47 Å². The highest BCUT2D eigenvalue weighted by Crippen LogP contribution is 2.26. The Balaban J connectivity index is 1.20. The Morgan fingerprint density at radius 3 is 2.51 bits per heavy atom. The summed E-state index contributed by atoms with van der Waals surface area (Å²) in [5.41, 5.74) is 2.41. The summed E-state index contributed by atoms with van der Waals surface area (Å²) in [6.45, 7) is 12.2. The molecule has 0 bridgehead atoms. The average molecular weight is 586 g/mol. The molecule has 5 rings (SSSR count). The molecule has 1 unspecified atom stereocenters. The first-order valence-electron chi connectivity index (χ1n) is 14.8. The molecule has 1 fully saturated rings. The van der Waals surface area contributed by atoms with Gasteiger partial charge in [-0.1, -0.05) is 25.1 Å². The minimum atomic E-state index is -0.494. The average Bonchev–Trinajstić information content (AvgIpc) is 3.49. The number of benzene rings is 1. The van der Waals surface area contributed by atoms with Crippen LogP contribution < -0.4 is 10.2 Å². The SMILES string of the molecule is CCn1cc(-n2ccc(=O)c(C(C)c3cccc(-c4ncc(OCC5CCN(C(=O)OC(C)(C)C)CC5)cn4)c3)n2)cn1. The zero-order valence-electron chi connectivity index (χ0n) is 25.4. The lowest BCUT2D eigenvalue weighted by Crippen LogP contribution is -2.42. The van der Waals surface area contributed by atoms with Crippen molar-refractivity contribution < 1.29 is 14.3 Å². The third kappa shape index (κ3) is 7.46. The van der Waals surface area contributed by atoms with E-state index in [1.807, 2.05) is 69.8 Å². The number of nitrogens with zero attached hydrogens (tertiary/aromatic N) is 7. The number of piperidine rings is 1. The lowest BCUT2D eigenvalue weighted by Gasteiger charge is -2.33. The molecule has 1 amide bonds. The van der Waals surface area contributed by atoms with Crippen molar-refractivity contribution in [1.82, 2.24) is 34.4 Å². The van der Waals surface area contributed by atoms with E-state index in [2.05, 4.69) is 20.2 Å². The smallest absolute Gasteiger partial charge is 0.410 e. The molecule has 4 heterocycles. The number of aryl methyl sites for hydroxylation is 1. The van der Waals surface area contributed by atoms with Gasteiger partial charge in [0.05, 0.1) is 31.4 Å². The topological polar surface area (TPSA) is 117 Å². The third-order valence-corrected chi connectivity index (χ3v) is 7.48. The van der Waals surface area contributed by atoms with E-state index in [1.54, 1.807) is 34.4 Å². The second-order valence-electron chi connectivity index (χ2n) is 11.9. The van der Waals surface area contributed by atoms with Crippen molar-refractivity contribution in [2.45, 2.75) is 65.5 Å². The lowest BCUT2D eigenvalue weighted by molar-refractivity contribution is 0.0165. The van der Waals surface area contributed by atoms with Crippen molar-refractivity contribution in [3.05, 3.63) is 82.8 Å². The first-order valence-corrected chi connectivity index (χ1v) is 14.8. The second kappa shape index (κ2) is 12.8. The standard InChI is InChI=1S/C32H39N7O4/c1-6-38-20-26(17-35-38)39-15-12-28(40)29(36-39)22(2)24-8-7-9-25(16-24)30-33-18-27(19-34-30)42-21-23-10-13-37(14-11-23)31(41)43-32(3,4)5/h7-9,12,15-20,22-23H,6,10-11,13-14,21H2,1-5H3. The predicted molar refractivity (Wildman–Crippen MR) is 162 cm³/mol. The summed E-state index contributed by atoms with van der Waals surface area (Å²) in [5, 5.41) is 8.95. The molecule has 11 heteroatoms. The van der Waals surface area contributed by atoms with Crippen LogP contribution >= 0.6 is 0 Å². The molecule has 3 aromatic heterocycles. The molecule has 11 nitrogen and oxygen atoms in total. The van der Waals surface area contributed by atoms with Crippen molar-refractivity contribution in [1.29, 1.82) is 0 Å². The first kappa shape index (κ1) is 29.9. The maximum Gasteiger partial charge on any atom is 0.410 e. The van der Waals surface area contributed by atoms with Gasteiger partial charge < -0.3 is 14.4 Å². The van der Waals surface area contributed by atoms with Gasteiger partial charge in [-0.25, -0.2) is 19.4 Å². The molecule has 1 aromatic carbocycles. The predicted octanol–water partition coefficient (Wildman–Crippen LogP) is 5.08. The Morgan fingerprint density at radius 1 is 1.09 bits per heavy atom. The quantitative estimate of drug-likeness (QED) is 0.281. The van der Waals surface area contributed by atoms with E-state index in [-0.39, 0.29) is 17.4 Å². The number of aromatic nitrogens is 6. The van der Waals surface area contributed by atoms with Gasteiger partial charge in [0.1, 0.15) is 17.0 Å². The molecule has 1 saturated heterocycles. The summed E-state index contributed by atoms with van der Waals surface area (Å²) in [6.07, 6.45) is 10.1. The second-order valence-corrected chi connectivity index (χ2v) is 11.9. The van der Waals surface area contributed by atoms with Crippen molar-refractivity contribution in [2.24, 2.45) is 5.92 Å². The Hall–Kier alpha value is -4.54. The maximum absolute atomic E-state index is 12.8. The van der Waals surface area contributed by atoms with Crippen LogP contribution in [0.2, 0.25) is 0 Å². The van der Waals surface area contributed by atoms with Gasteiger partial charge in [0.2, 0.25) is 5.43 Å². The van der Waals surface area contributed by atoms with Crippen LogP contribution in [-0.2, 0) is 11.3 Å². The summed E-state index contributed by atoms with van der Waals surface area (Å²) in [7, 11) is 0. The number of carbonyl (C=O) groups excluding carboxylic acids is 1. The van der Waals surface area contributed by atoms with Crippen LogP contribution in [0.4, 0.5) is 4.79 Å². The number of hydrogen-bond donors (Lipinski definition) is 0. The van der Waals surface area contributed by atoms with Gasteiger partial charge in [-0.05, 0) is 58.1 Å². The summed E-state index contributed by atoms with van der Waals surface area (Å²) in [6, 6.07) is 9.39. The lowest BCUT2D eigenvalue weighted by atomic mass is 9.95. The van der Waals surface area contributed by atoms with Gasteiger partial charge in [-0.15, -0.1) is 0 Å². The highest BCUT2D eigenvalue weighted by atomic mass is 16.6. The molecule has 43 heavy (non-hydrogen) atoms. The summed E-state index contributed by atoms with van der Waals surface area (Å²) in [4.78, 5) is 35.9. The summed E-state index contributed by atoms with van der Waals surface area (Å²) >= 11 is 0. The highest BCUT2D eigenvalue weighted by molar-refractivity contribution is 5.68. The fourth-order valence-electron chi connectivity index (χ4n) is 4.98. The molecule has 1 atom stereocenters. The van der Waals surface area contributed by atoms with Gasteiger partial charge in [-0.3, -0.25) is 9.48 Å². The summed E-state index contributed by atoms with van der Waals surface area (Å²) < 4.78 is 15.0. The van der Waals surface area contributed by atoms with Gasteiger partial charge in [0.25, 0.3) is 0 Å². The molecule has 1 aliphatic rings. The van der Waals surface area contributed by atoms with Crippen molar-refractivity contribution in [3.8, 4) is 22.8 Å². The van der Waals surface area contributed by atoms with E-state index in [9.17, 15) is 9.59 Å². The molecule has 0 radical (unpaired) electrons. The molecular formula is C32H39N7O4. The Morgan fingerprint density at radius 2 is 1.84 bits per heavy atom. The minimum Gasteiger partial charge on any atom is -0.490 e. The van der Waals surface area contributed by atoms with E-state index in [0.29, 0.717) is 42.9 Å².